The molecular formula is C19H12N2O6S. The Morgan fingerprint density at radius 2 is 1.64 bits per heavy atom. The molecule has 28 heavy (non-hydrogen) atoms. The maximum atomic E-state index is 12.9. The number of rotatable bonds is 3. The molecule has 0 saturated carbocycles. The molecule has 140 valence electrons. The van der Waals surface area contributed by atoms with Crippen LogP contribution in [0.5, 0.6) is 5.75 Å². The summed E-state index contributed by atoms with van der Waals surface area (Å²) in [5.74, 6) is -2.52. The fourth-order valence-electron chi connectivity index (χ4n) is 3.14. The number of carboxylic acid groups (broad SMARTS) is 1. The lowest BCUT2D eigenvalue weighted by atomic mass is 10.1. The van der Waals surface area contributed by atoms with Crippen LogP contribution in [0, 0.1) is 0 Å². The Morgan fingerprint density at radius 3 is 2.32 bits per heavy atom. The summed E-state index contributed by atoms with van der Waals surface area (Å²) in [7, 11) is 0. The first kappa shape index (κ1) is 17.8. The van der Waals surface area contributed by atoms with Crippen LogP contribution in [0.1, 0.15) is 5.56 Å². The Morgan fingerprint density at radius 1 is 0.964 bits per heavy atom. The van der Waals surface area contributed by atoms with Gasteiger partial charge in [0.1, 0.15) is 12.3 Å². The summed E-state index contributed by atoms with van der Waals surface area (Å²) < 4.78 is 0. The normalized spacial score (nSPS) is 18.8. The number of para-hydroxylation sites is 1. The molecule has 4 rings (SSSR count). The fourth-order valence-corrected chi connectivity index (χ4v) is 4.07. The molecule has 0 radical (unpaired) electrons. The highest BCUT2D eigenvalue weighted by molar-refractivity contribution is 8.19. The summed E-state index contributed by atoms with van der Waals surface area (Å²) in [6, 6.07) is 12.0. The smallest absolute Gasteiger partial charge is 0.323 e. The Balaban J connectivity index is 1.82. The molecule has 9 heteroatoms. The van der Waals surface area contributed by atoms with Crippen LogP contribution < -0.4 is 9.80 Å². The third-order valence-corrected chi connectivity index (χ3v) is 5.26. The van der Waals surface area contributed by atoms with Gasteiger partial charge in [0.25, 0.3) is 17.1 Å². The van der Waals surface area contributed by atoms with E-state index >= 15 is 0 Å². The number of imide groups is 1. The zero-order valence-corrected chi connectivity index (χ0v) is 15.0. The van der Waals surface area contributed by atoms with Crippen molar-refractivity contribution in [1.29, 1.82) is 0 Å². The highest BCUT2D eigenvalue weighted by Crippen LogP contribution is 2.45. The minimum absolute atomic E-state index is 0.0153. The number of aromatic hydroxyl groups is 1. The number of carbonyl (C=O) groups is 4. The van der Waals surface area contributed by atoms with Crippen molar-refractivity contribution in [3.63, 3.8) is 0 Å². The van der Waals surface area contributed by atoms with Crippen LogP contribution in [0.2, 0.25) is 0 Å². The van der Waals surface area contributed by atoms with Crippen molar-refractivity contribution in [3.8, 4) is 5.75 Å². The minimum Gasteiger partial charge on any atom is -0.508 e. The maximum absolute atomic E-state index is 12.9. The number of benzene rings is 2. The molecule has 2 aliphatic heterocycles. The predicted octanol–water partition coefficient (Wildman–Crippen LogP) is 2.43. The van der Waals surface area contributed by atoms with Crippen molar-refractivity contribution < 1.29 is 29.4 Å². The lowest BCUT2D eigenvalue weighted by Gasteiger charge is -2.14. The average molecular weight is 396 g/mol. The number of hydrogen-bond acceptors (Lipinski definition) is 6. The number of aliphatic carboxylic acids is 1. The Labute approximate surface area is 162 Å². The summed E-state index contributed by atoms with van der Waals surface area (Å²) in [5, 5.41) is 17.9. The number of carbonyl (C=O) groups excluding carboxylic acids is 3. The van der Waals surface area contributed by atoms with Gasteiger partial charge in [0.15, 0.2) is 0 Å². The van der Waals surface area contributed by atoms with E-state index in [0.29, 0.717) is 23.0 Å². The van der Waals surface area contributed by atoms with Crippen molar-refractivity contribution in [2.24, 2.45) is 0 Å². The number of nitrogens with zero attached hydrogens (tertiary/aromatic N) is 2. The van der Waals surface area contributed by atoms with Crippen LogP contribution in [0.3, 0.4) is 0 Å². The molecule has 0 aliphatic carbocycles. The second-order valence-corrected chi connectivity index (χ2v) is 6.99. The molecule has 2 aromatic carbocycles. The maximum Gasteiger partial charge on any atom is 0.323 e. The third-order valence-electron chi connectivity index (χ3n) is 4.32. The van der Waals surface area contributed by atoms with Gasteiger partial charge in [0.2, 0.25) is 0 Å². The van der Waals surface area contributed by atoms with Gasteiger partial charge < -0.3 is 10.2 Å². The van der Waals surface area contributed by atoms with Crippen LogP contribution >= 0.6 is 11.8 Å². The van der Waals surface area contributed by atoms with E-state index in [0.717, 1.165) is 9.80 Å². The second-order valence-electron chi connectivity index (χ2n) is 6.03. The molecule has 0 atom stereocenters. The van der Waals surface area contributed by atoms with Crippen molar-refractivity contribution in [1.82, 2.24) is 0 Å². The van der Waals surface area contributed by atoms with E-state index in [1.807, 2.05) is 0 Å². The number of phenolic OH excluding ortho intramolecular Hbond substituents is 1. The van der Waals surface area contributed by atoms with Crippen molar-refractivity contribution in [2.45, 2.75) is 0 Å². The van der Waals surface area contributed by atoms with Crippen molar-refractivity contribution in [3.05, 3.63) is 59.0 Å². The van der Waals surface area contributed by atoms with E-state index in [9.17, 15) is 24.3 Å². The van der Waals surface area contributed by atoms with Gasteiger partial charge in [-0.05, 0) is 42.1 Å². The summed E-state index contributed by atoms with van der Waals surface area (Å²) in [6.45, 7) is -0.554. The SMILES string of the molecule is O=C(O)CN1C(=O)/C(=C2\SC(=O)N(c3ccc(O)cc3)C2=O)c2ccccc21. The first-order chi connectivity index (χ1) is 13.4. The first-order valence-electron chi connectivity index (χ1n) is 8.11. The first-order valence-corrected chi connectivity index (χ1v) is 8.92. The standard InChI is InChI=1S/C19H12N2O6S/c22-11-7-5-10(6-8-11)21-18(26)16(28-19(21)27)15-12-3-1-2-4-13(12)20(17(15)25)9-14(23)24/h1-8,22H,9H2,(H,23,24)/b16-15-. The van der Waals surface area contributed by atoms with E-state index in [4.69, 9.17) is 5.11 Å². The van der Waals surface area contributed by atoms with Crippen LogP contribution in [0.15, 0.2) is 53.4 Å². The summed E-state index contributed by atoms with van der Waals surface area (Å²) in [5.41, 5.74) is 1.06. The lowest BCUT2D eigenvalue weighted by Crippen LogP contribution is -2.32. The summed E-state index contributed by atoms with van der Waals surface area (Å²) in [6.07, 6.45) is 0. The van der Waals surface area contributed by atoms with Gasteiger partial charge >= 0.3 is 5.97 Å². The number of fused-ring (bicyclic) bond motifs is 1. The van der Waals surface area contributed by atoms with E-state index < -0.39 is 29.6 Å². The molecule has 1 saturated heterocycles. The molecule has 0 bridgehead atoms. The van der Waals surface area contributed by atoms with E-state index in [1.165, 1.54) is 24.3 Å². The molecule has 2 aromatic rings. The number of phenols is 1. The molecule has 2 N–H and O–H groups in total. The number of carboxylic acids is 1. The van der Waals surface area contributed by atoms with E-state index in [1.54, 1.807) is 24.3 Å². The predicted molar refractivity (Wildman–Crippen MR) is 102 cm³/mol. The molecule has 2 heterocycles. The van der Waals surface area contributed by atoms with Gasteiger partial charge in [-0.1, -0.05) is 18.2 Å². The molecule has 2 aliphatic rings. The Hall–Kier alpha value is -3.59. The molecule has 0 unspecified atom stereocenters. The fraction of sp³-hybridized carbons (Fsp3) is 0.0526. The molecule has 0 spiro atoms. The van der Waals surface area contributed by atoms with Crippen molar-refractivity contribution >= 4 is 51.7 Å². The minimum atomic E-state index is -1.19. The van der Waals surface area contributed by atoms with Gasteiger partial charge in [-0.15, -0.1) is 0 Å². The number of hydrogen-bond donors (Lipinski definition) is 2. The zero-order valence-electron chi connectivity index (χ0n) is 14.2. The highest BCUT2D eigenvalue weighted by atomic mass is 32.2. The van der Waals surface area contributed by atoms with Crippen LogP contribution in [-0.4, -0.2) is 39.8 Å². The molecule has 3 amide bonds. The topological polar surface area (TPSA) is 115 Å². The molecular weight excluding hydrogens is 384 g/mol. The molecule has 0 aromatic heterocycles. The Kier molecular flexibility index (Phi) is 4.16. The highest BCUT2D eigenvalue weighted by Gasteiger charge is 2.44. The van der Waals surface area contributed by atoms with E-state index in [-0.39, 0.29) is 21.9 Å². The van der Waals surface area contributed by atoms with Crippen LogP contribution in [0.4, 0.5) is 16.2 Å². The summed E-state index contributed by atoms with van der Waals surface area (Å²) in [4.78, 5) is 51.4. The Bertz CT molecular complexity index is 1080. The number of thioether (sulfide) groups is 1. The zero-order chi connectivity index (χ0) is 20.0. The van der Waals surface area contributed by atoms with Crippen LogP contribution in [0.25, 0.3) is 5.57 Å². The van der Waals surface area contributed by atoms with Crippen molar-refractivity contribution in [2.75, 3.05) is 16.3 Å². The van der Waals surface area contributed by atoms with Gasteiger partial charge in [-0.3, -0.25) is 24.1 Å². The van der Waals surface area contributed by atoms with Gasteiger partial charge in [-0.25, -0.2) is 4.90 Å². The lowest BCUT2D eigenvalue weighted by molar-refractivity contribution is -0.136. The van der Waals surface area contributed by atoms with Gasteiger partial charge in [0.05, 0.1) is 21.9 Å². The number of amides is 3. The molecule has 1 fully saturated rings. The largest absolute Gasteiger partial charge is 0.508 e. The number of anilines is 2. The quantitative estimate of drug-likeness (QED) is 0.766. The van der Waals surface area contributed by atoms with E-state index in [2.05, 4.69) is 0 Å². The monoisotopic (exact) mass is 396 g/mol. The van der Waals surface area contributed by atoms with Gasteiger partial charge in [0, 0.05) is 5.56 Å². The van der Waals surface area contributed by atoms with Crippen LogP contribution in [-0.2, 0) is 14.4 Å². The van der Waals surface area contributed by atoms with Gasteiger partial charge in [-0.2, -0.15) is 0 Å². The average Bonchev–Trinajstić information content (AvgIpc) is 3.09. The molecule has 8 nitrogen and oxygen atoms in total. The second kappa shape index (κ2) is 6.54. The summed E-state index contributed by atoms with van der Waals surface area (Å²) >= 11 is 0.626. The third kappa shape index (κ3) is 2.72.